The highest BCUT2D eigenvalue weighted by molar-refractivity contribution is 7.94. The molecule has 0 fully saturated rings. The molecule has 1 aromatic heterocycles. The Morgan fingerprint density at radius 1 is 1.35 bits per heavy atom. The zero-order valence-electron chi connectivity index (χ0n) is 12.0. The van der Waals surface area contributed by atoms with Gasteiger partial charge >= 0.3 is 0 Å². The number of rotatable bonds is 7. The van der Waals surface area contributed by atoms with Crippen LogP contribution >= 0.6 is 0 Å². The molecule has 8 nitrogen and oxygen atoms in total. The highest BCUT2D eigenvalue weighted by atomic mass is 32.2. The highest BCUT2D eigenvalue weighted by Gasteiger charge is 2.12. The van der Waals surface area contributed by atoms with Crippen LogP contribution in [0.1, 0.15) is 12.2 Å². The number of hydrogen-bond acceptors (Lipinski definition) is 6. The Hall–Kier alpha value is -2.62. The van der Waals surface area contributed by atoms with Gasteiger partial charge in [0.05, 0.1) is 18.0 Å². The fourth-order valence-corrected chi connectivity index (χ4v) is 2.32. The smallest absolute Gasteiger partial charge is 0.221 e. The molecular weight excluding hydrogens is 325 g/mol. The van der Waals surface area contributed by atoms with E-state index in [4.69, 9.17) is 0 Å². The lowest BCUT2D eigenvalue weighted by atomic mass is 10.3. The van der Waals surface area contributed by atoms with Crippen LogP contribution in [0.25, 0.3) is 5.69 Å². The summed E-state index contributed by atoms with van der Waals surface area (Å²) in [6, 6.07) is 5.51. The Labute approximate surface area is 131 Å². The molecule has 0 aliphatic rings. The average molecular weight is 339 g/mol. The first-order valence-electron chi connectivity index (χ1n) is 6.56. The van der Waals surface area contributed by atoms with Crippen molar-refractivity contribution in [3.05, 3.63) is 47.9 Å². The Bertz CT molecular complexity index is 801. The number of nitrogens with one attached hydrogen (secondary N) is 1. The van der Waals surface area contributed by atoms with Crippen LogP contribution in [0, 0.1) is 5.82 Å². The molecule has 0 aliphatic heterocycles. The van der Waals surface area contributed by atoms with Gasteiger partial charge < -0.3 is 5.32 Å². The topological polar surface area (TPSA) is 107 Å². The van der Waals surface area contributed by atoms with Gasteiger partial charge in [-0.1, -0.05) is 6.58 Å². The number of benzene rings is 1. The lowest BCUT2D eigenvalue weighted by molar-refractivity contribution is -0.120. The maximum absolute atomic E-state index is 12.9. The van der Waals surface area contributed by atoms with E-state index in [0.717, 1.165) is 5.41 Å². The molecule has 10 heteroatoms. The van der Waals surface area contributed by atoms with E-state index in [1.807, 2.05) is 0 Å². The van der Waals surface area contributed by atoms with Crippen LogP contribution in [0.3, 0.4) is 0 Å². The molecule has 1 aromatic carbocycles. The first-order chi connectivity index (χ1) is 10.9. The lowest BCUT2D eigenvalue weighted by Crippen LogP contribution is -2.26. The molecule has 0 aliphatic carbocycles. The Morgan fingerprint density at radius 3 is 2.70 bits per heavy atom. The first kappa shape index (κ1) is 16.7. The van der Waals surface area contributed by atoms with Crippen LogP contribution in [-0.4, -0.2) is 40.3 Å². The molecule has 0 atom stereocenters. The van der Waals surface area contributed by atoms with E-state index in [9.17, 15) is 17.6 Å². The van der Waals surface area contributed by atoms with Crippen molar-refractivity contribution in [2.24, 2.45) is 0 Å². The van der Waals surface area contributed by atoms with Gasteiger partial charge in [0.1, 0.15) is 5.82 Å². The summed E-state index contributed by atoms with van der Waals surface area (Å²) in [7, 11) is -3.42. The lowest BCUT2D eigenvalue weighted by Gasteiger charge is -2.06. The van der Waals surface area contributed by atoms with Gasteiger partial charge in [-0.05, 0) is 34.7 Å². The van der Waals surface area contributed by atoms with Gasteiger partial charge in [0.2, 0.25) is 5.91 Å². The summed E-state index contributed by atoms with van der Waals surface area (Å²) in [5.74, 6) is -0.827. The predicted octanol–water partition coefficient (Wildman–Crippen LogP) is 0.366. The van der Waals surface area contributed by atoms with E-state index in [1.165, 1.54) is 28.9 Å². The van der Waals surface area contributed by atoms with E-state index in [0.29, 0.717) is 11.5 Å². The number of sulfone groups is 1. The summed E-state index contributed by atoms with van der Waals surface area (Å²) in [4.78, 5) is 11.7. The number of tetrazole rings is 1. The fraction of sp³-hybridized carbons (Fsp3) is 0.231. The van der Waals surface area contributed by atoms with Gasteiger partial charge in [0, 0.05) is 11.8 Å². The Kier molecular flexibility index (Phi) is 5.16. The van der Waals surface area contributed by atoms with Gasteiger partial charge in [-0.3, -0.25) is 4.79 Å². The third-order valence-corrected chi connectivity index (χ3v) is 4.20. The first-order valence-corrected chi connectivity index (χ1v) is 8.28. The minimum absolute atomic E-state index is 0.0113. The molecule has 0 saturated heterocycles. The number of amides is 1. The molecule has 2 rings (SSSR count). The molecule has 0 spiro atoms. The van der Waals surface area contributed by atoms with Crippen molar-refractivity contribution in [2.75, 3.05) is 5.75 Å². The molecule has 1 amide bonds. The Balaban J connectivity index is 1.97. The van der Waals surface area contributed by atoms with E-state index in [1.54, 1.807) is 0 Å². The van der Waals surface area contributed by atoms with Gasteiger partial charge in [-0.15, -0.1) is 5.10 Å². The SMILES string of the molecule is C=CS(=O)(=O)CCC(=O)NCc1nnnn1-c1ccc(F)cc1. The predicted molar refractivity (Wildman–Crippen MR) is 79.6 cm³/mol. The quantitative estimate of drug-likeness (QED) is 0.781. The van der Waals surface area contributed by atoms with Crippen molar-refractivity contribution in [2.45, 2.75) is 13.0 Å². The molecular formula is C13H14FN5O3S. The van der Waals surface area contributed by atoms with Crippen molar-refractivity contribution in [1.29, 1.82) is 0 Å². The maximum Gasteiger partial charge on any atom is 0.221 e. The van der Waals surface area contributed by atoms with Crippen molar-refractivity contribution in [3.8, 4) is 5.69 Å². The van der Waals surface area contributed by atoms with E-state index in [-0.39, 0.29) is 24.5 Å². The summed E-state index contributed by atoms with van der Waals surface area (Å²) in [5.41, 5.74) is 0.537. The number of carbonyl (C=O) groups excluding carboxylic acids is 1. The number of halogens is 1. The summed E-state index contributed by atoms with van der Waals surface area (Å²) >= 11 is 0. The second-order valence-corrected chi connectivity index (χ2v) is 6.61. The molecule has 0 bridgehead atoms. The third-order valence-electron chi connectivity index (χ3n) is 2.92. The maximum atomic E-state index is 12.9. The van der Waals surface area contributed by atoms with Gasteiger partial charge in [0.15, 0.2) is 15.7 Å². The zero-order chi connectivity index (χ0) is 16.9. The van der Waals surface area contributed by atoms with Crippen LogP contribution in [0.15, 0.2) is 36.3 Å². The molecule has 0 radical (unpaired) electrons. The molecule has 1 heterocycles. The minimum atomic E-state index is -3.42. The highest BCUT2D eigenvalue weighted by Crippen LogP contribution is 2.09. The van der Waals surface area contributed by atoms with Crippen LogP contribution in [-0.2, 0) is 21.2 Å². The van der Waals surface area contributed by atoms with Crippen molar-refractivity contribution in [1.82, 2.24) is 25.5 Å². The largest absolute Gasteiger partial charge is 0.349 e. The molecule has 0 unspecified atom stereocenters. The molecule has 122 valence electrons. The number of nitrogens with zero attached hydrogens (tertiary/aromatic N) is 4. The van der Waals surface area contributed by atoms with Crippen LogP contribution in [0.2, 0.25) is 0 Å². The molecule has 2 aromatic rings. The van der Waals surface area contributed by atoms with Crippen molar-refractivity contribution < 1.29 is 17.6 Å². The van der Waals surface area contributed by atoms with Gasteiger partial charge in [-0.25, -0.2) is 12.8 Å². The van der Waals surface area contributed by atoms with Crippen LogP contribution < -0.4 is 5.32 Å². The second-order valence-electron chi connectivity index (χ2n) is 4.54. The molecule has 0 saturated carbocycles. The van der Waals surface area contributed by atoms with Gasteiger partial charge in [0.25, 0.3) is 0 Å². The van der Waals surface area contributed by atoms with E-state index in [2.05, 4.69) is 27.4 Å². The summed E-state index contributed by atoms with van der Waals surface area (Å²) in [5, 5.41) is 14.4. The third kappa shape index (κ3) is 4.68. The monoisotopic (exact) mass is 339 g/mol. The Morgan fingerprint density at radius 2 is 2.04 bits per heavy atom. The number of aromatic nitrogens is 4. The number of carbonyl (C=O) groups is 1. The molecule has 1 N–H and O–H groups in total. The number of hydrogen-bond donors (Lipinski definition) is 1. The summed E-state index contributed by atoms with van der Waals surface area (Å²) in [6.07, 6.45) is -0.188. The van der Waals surface area contributed by atoms with Crippen molar-refractivity contribution >= 4 is 15.7 Å². The van der Waals surface area contributed by atoms with E-state index < -0.39 is 15.7 Å². The van der Waals surface area contributed by atoms with Crippen LogP contribution in [0.4, 0.5) is 4.39 Å². The summed E-state index contributed by atoms with van der Waals surface area (Å²) < 4.78 is 36.7. The fourth-order valence-electron chi connectivity index (χ4n) is 1.68. The second kappa shape index (κ2) is 7.09. The standard InChI is InChI=1S/C13H14FN5O3S/c1-2-23(21,22)8-7-13(20)15-9-12-16-17-18-19(12)11-5-3-10(14)4-6-11/h2-6H,1,7-9H2,(H,15,20). The zero-order valence-corrected chi connectivity index (χ0v) is 12.8. The van der Waals surface area contributed by atoms with Crippen molar-refractivity contribution in [3.63, 3.8) is 0 Å². The van der Waals surface area contributed by atoms with Gasteiger partial charge in [-0.2, -0.15) is 4.68 Å². The normalized spacial score (nSPS) is 11.2. The minimum Gasteiger partial charge on any atom is -0.349 e. The summed E-state index contributed by atoms with van der Waals surface area (Å²) in [6.45, 7) is 3.18. The van der Waals surface area contributed by atoms with Crippen LogP contribution in [0.5, 0.6) is 0 Å². The van der Waals surface area contributed by atoms with E-state index >= 15 is 0 Å². The average Bonchev–Trinajstić information content (AvgIpc) is 3.00. The molecule has 23 heavy (non-hydrogen) atoms.